The van der Waals surface area contributed by atoms with Crippen molar-refractivity contribution in [3.8, 4) is 0 Å². The van der Waals surface area contributed by atoms with Crippen LogP contribution in [0.4, 0.5) is 0 Å². The summed E-state index contributed by atoms with van der Waals surface area (Å²) in [4.78, 5) is 11.9. The SMILES string of the molecule is CC(N)CC(=O)NC1CCC(C)(C)c2ccccc21.Cl. The van der Waals surface area contributed by atoms with Gasteiger partial charge in [-0.05, 0) is 36.3 Å². The van der Waals surface area contributed by atoms with Crippen molar-refractivity contribution >= 4 is 18.3 Å². The average Bonchev–Trinajstić information content (AvgIpc) is 2.32. The molecule has 1 aromatic rings. The van der Waals surface area contributed by atoms with Crippen LogP contribution < -0.4 is 11.1 Å². The molecule has 0 saturated heterocycles. The molecular formula is C16H25ClN2O. The van der Waals surface area contributed by atoms with Crippen molar-refractivity contribution in [3.05, 3.63) is 35.4 Å². The predicted molar refractivity (Wildman–Crippen MR) is 85.1 cm³/mol. The molecule has 2 rings (SSSR count). The Morgan fingerprint density at radius 2 is 2.10 bits per heavy atom. The van der Waals surface area contributed by atoms with Crippen molar-refractivity contribution in [3.63, 3.8) is 0 Å². The number of amides is 1. The molecule has 0 spiro atoms. The molecule has 3 nitrogen and oxygen atoms in total. The topological polar surface area (TPSA) is 55.1 Å². The Morgan fingerprint density at radius 3 is 2.75 bits per heavy atom. The van der Waals surface area contributed by atoms with Crippen LogP contribution in [0.3, 0.4) is 0 Å². The lowest BCUT2D eigenvalue weighted by Gasteiger charge is -2.37. The van der Waals surface area contributed by atoms with Gasteiger partial charge in [0.15, 0.2) is 0 Å². The van der Waals surface area contributed by atoms with E-state index in [9.17, 15) is 4.79 Å². The van der Waals surface area contributed by atoms with E-state index in [1.807, 2.05) is 13.0 Å². The molecule has 1 aliphatic carbocycles. The van der Waals surface area contributed by atoms with Crippen LogP contribution in [-0.2, 0) is 10.2 Å². The van der Waals surface area contributed by atoms with Crippen molar-refractivity contribution in [2.45, 2.75) is 57.5 Å². The quantitative estimate of drug-likeness (QED) is 0.900. The monoisotopic (exact) mass is 296 g/mol. The van der Waals surface area contributed by atoms with Gasteiger partial charge in [-0.1, -0.05) is 38.1 Å². The zero-order chi connectivity index (χ0) is 14.0. The Morgan fingerprint density at radius 1 is 1.45 bits per heavy atom. The lowest BCUT2D eigenvalue weighted by atomic mass is 9.71. The van der Waals surface area contributed by atoms with Crippen LogP contribution in [-0.4, -0.2) is 11.9 Å². The lowest BCUT2D eigenvalue weighted by molar-refractivity contribution is -0.122. The van der Waals surface area contributed by atoms with E-state index in [4.69, 9.17) is 5.73 Å². The number of carbonyl (C=O) groups excluding carboxylic acids is 1. The number of hydrogen-bond donors (Lipinski definition) is 2. The Balaban J connectivity index is 0.00000200. The highest BCUT2D eigenvalue weighted by atomic mass is 35.5. The minimum absolute atomic E-state index is 0. The van der Waals surface area contributed by atoms with Gasteiger partial charge in [0, 0.05) is 12.5 Å². The van der Waals surface area contributed by atoms with E-state index in [-0.39, 0.29) is 35.8 Å². The second kappa shape index (κ2) is 6.59. The van der Waals surface area contributed by atoms with Crippen LogP contribution in [0.15, 0.2) is 24.3 Å². The number of carbonyl (C=O) groups is 1. The molecule has 112 valence electrons. The molecule has 0 saturated carbocycles. The van der Waals surface area contributed by atoms with Gasteiger partial charge < -0.3 is 11.1 Å². The van der Waals surface area contributed by atoms with Gasteiger partial charge in [-0.2, -0.15) is 0 Å². The van der Waals surface area contributed by atoms with E-state index in [2.05, 4.69) is 37.4 Å². The zero-order valence-electron chi connectivity index (χ0n) is 12.5. The molecule has 0 fully saturated rings. The number of rotatable bonds is 3. The van der Waals surface area contributed by atoms with Gasteiger partial charge in [-0.15, -0.1) is 12.4 Å². The summed E-state index contributed by atoms with van der Waals surface area (Å²) in [5.74, 6) is 0.0505. The molecule has 3 N–H and O–H groups in total. The number of benzene rings is 1. The maximum absolute atomic E-state index is 11.9. The summed E-state index contributed by atoms with van der Waals surface area (Å²) in [6.07, 6.45) is 2.48. The molecule has 2 unspecified atom stereocenters. The molecule has 4 heteroatoms. The van der Waals surface area contributed by atoms with Crippen molar-refractivity contribution in [1.29, 1.82) is 0 Å². The molecule has 1 aliphatic rings. The van der Waals surface area contributed by atoms with Crippen molar-refractivity contribution in [2.24, 2.45) is 5.73 Å². The molecule has 1 amide bonds. The minimum Gasteiger partial charge on any atom is -0.349 e. The van der Waals surface area contributed by atoms with E-state index in [0.717, 1.165) is 12.8 Å². The second-order valence-corrected chi connectivity index (χ2v) is 6.31. The first-order valence-corrected chi connectivity index (χ1v) is 7.04. The first kappa shape index (κ1) is 17.0. The Kier molecular flexibility index (Phi) is 5.60. The molecule has 0 radical (unpaired) electrons. The van der Waals surface area contributed by atoms with E-state index >= 15 is 0 Å². The predicted octanol–water partition coefficient (Wildman–Crippen LogP) is 3.07. The zero-order valence-corrected chi connectivity index (χ0v) is 13.3. The maximum atomic E-state index is 11.9. The van der Waals surface area contributed by atoms with E-state index in [1.54, 1.807) is 0 Å². The summed E-state index contributed by atoms with van der Waals surface area (Å²) in [5.41, 5.74) is 8.48. The molecule has 0 aliphatic heterocycles. The number of nitrogens with two attached hydrogens (primary N) is 1. The average molecular weight is 297 g/mol. The maximum Gasteiger partial charge on any atom is 0.222 e. The molecule has 0 heterocycles. The van der Waals surface area contributed by atoms with Crippen LogP contribution >= 0.6 is 12.4 Å². The fourth-order valence-electron chi connectivity index (χ4n) is 2.91. The van der Waals surface area contributed by atoms with Crippen LogP contribution in [0, 0.1) is 0 Å². The molecular weight excluding hydrogens is 272 g/mol. The van der Waals surface area contributed by atoms with Gasteiger partial charge in [0.25, 0.3) is 0 Å². The Bertz CT molecular complexity index is 471. The van der Waals surface area contributed by atoms with Crippen LogP contribution in [0.5, 0.6) is 0 Å². The van der Waals surface area contributed by atoms with E-state index in [1.165, 1.54) is 11.1 Å². The van der Waals surface area contributed by atoms with Gasteiger partial charge >= 0.3 is 0 Å². The van der Waals surface area contributed by atoms with Crippen LogP contribution in [0.2, 0.25) is 0 Å². The highest BCUT2D eigenvalue weighted by Crippen LogP contribution is 2.41. The summed E-state index contributed by atoms with van der Waals surface area (Å²) in [7, 11) is 0. The van der Waals surface area contributed by atoms with Crippen LogP contribution in [0.1, 0.15) is 57.2 Å². The lowest BCUT2D eigenvalue weighted by Crippen LogP contribution is -2.37. The normalized spacial score (nSPS) is 21.3. The number of fused-ring (bicyclic) bond motifs is 1. The fourth-order valence-corrected chi connectivity index (χ4v) is 2.91. The second-order valence-electron chi connectivity index (χ2n) is 6.31. The molecule has 20 heavy (non-hydrogen) atoms. The van der Waals surface area contributed by atoms with Gasteiger partial charge in [0.2, 0.25) is 5.91 Å². The summed E-state index contributed by atoms with van der Waals surface area (Å²) in [5, 5.41) is 3.13. The third-order valence-electron chi connectivity index (χ3n) is 3.97. The van der Waals surface area contributed by atoms with Crippen molar-refractivity contribution < 1.29 is 4.79 Å². The van der Waals surface area contributed by atoms with Crippen molar-refractivity contribution in [2.75, 3.05) is 0 Å². The summed E-state index contributed by atoms with van der Waals surface area (Å²) < 4.78 is 0. The minimum atomic E-state index is -0.0877. The third-order valence-corrected chi connectivity index (χ3v) is 3.97. The number of halogens is 1. The Hall–Kier alpha value is -1.06. The first-order valence-electron chi connectivity index (χ1n) is 7.04. The highest BCUT2D eigenvalue weighted by Gasteiger charge is 2.32. The van der Waals surface area contributed by atoms with Gasteiger partial charge in [0.05, 0.1) is 6.04 Å². The van der Waals surface area contributed by atoms with E-state index < -0.39 is 0 Å². The third kappa shape index (κ3) is 3.74. The van der Waals surface area contributed by atoms with Gasteiger partial charge in [-0.3, -0.25) is 4.79 Å². The van der Waals surface area contributed by atoms with Crippen molar-refractivity contribution in [1.82, 2.24) is 5.32 Å². The standard InChI is InChI=1S/C16H24N2O.ClH/c1-11(17)10-15(19)18-14-8-9-16(2,3)13-7-5-4-6-12(13)14;/h4-7,11,14H,8-10,17H2,1-3H3,(H,18,19);1H. The molecule has 1 aromatic carbocycles. The molecule has 2 atom stereocenters. The first-order chi connectivity index (χ1) is 8.90. The highest BCUT2D eigenvalue weighted by molar-refractivity contribution is 5.85. The summed E-state index contributed by atoms with van der Waals surface area (Å²) >= 11 is 0. The number of nitrogens with one attached hydrogen (secondary N) is 1. The Labute approximate surface area is 127 Å². The molecule has 0 bridgehead atoms. The number of hydrogen-bond acceptors (Lipinski definition) is 2. The van der Waals surface area contributed by atoms with E-state index in [0.29, 0.717) is 6.42 Å². The van der Waals surface area contributed by atoms with Crippen LogP contribution in [0.25, 0.3) is 0 Å². The molecule has 0 aromatic heterocycles. The van der Waals surface area contributed by atoms with Gasteiger partial charge in [0.1, 0.15) is 0 Å². The largest absolute Gasteiger partial charge is 0.349 e. The van der Waals surface area contributed by atoms with Gasteiger partial charge in [-0.25, -0.2) is 0 Å². The smallest absolute Gasteiger partial charge is 0.222 e. The summed E-state index contributed by atoms with van der Waals surface area (Å²) in [6.45, 7) is 6.40. The fraction of sp³-hybridized carbons (Fsp3) is 0.562. The summed E-state index contributed by atoms with van der Waals surface area (Å²) in [6, 6.07) is 8.48.